The molecule has 0 saturated heterocycles. The Labute approximate surface area is 151 Å². The minimum absolute atomic E-state index is 0.863. The van der Waals surface area contributed by atoms with Crippen molar-refractivity contribution in [3.05, 3.63) is 0 Å². The molecule has 0 spiro atoms. The Bertz CT molecular complexity index is 186. The van der Waals surface area contributed by atoms with Crippen molar-refractivity contribution in [2.75, 3.05) is 0 Å². The second kappa shape index (κ2) is 17.0. The SMILES string of the molecule is CC(C)CB(CC(C)C)CC(C)C.CCCB(CCC)CCC. The van der Waals surface area contributed by atoms with Gasteiger partial charge in [-0.2, -0.15) is 0 Å². The topological polar surface area (TPSA) is 0 Å². The summed E-state index contributed by atoms with van der Waals surface area (Å²) in [5, 5.41) is 0. The molecule has 0 aromatic carbocycles. The molecule has 0 amide bonds. The third kappa shape index (κ3) is 20.1. The molecule has 0 aromatic heterocycles. The van der Waals surface area contributed by atoms with E-state index in [-0.39, 0.29) is 0 Å². The van der Waals surface area contributed by atoms with Crippen LogP contribution in [0.3, 0.4) is 0 Å². The van der Waals surface area contributed by atoms with Crippen LogP contribution in [0, 0.1) is 17.8 Å². The van der Waals surface area contributed by atoms with Gasteiger partial charge in [-0.05, 0) is 0 Å². The van der Waals surface area contributed by atoms with E-state index in [9.17, 15) is 0 Å². The van der Waals surface area contributed by atoms with Crippen LogP contribution >= 0.6 is 0 Å². The van der Waals surface area contributed by atoms with Gasteiger partial charge in [-0.25, -0.2) is 0 Å². The van der Waals surface area contributed by atoms with Crippen LogP contribution in [-0.4, -0.2) is 13.4 Å². The van der Waals surface area contributed by atoms with E-state index in [1.807, 2.05) is 0 Å². The summed E-state index contributed by atoms with van der Waals surface area (Å²) in [6.45, 7) is 22.9. The third-order valence-electron chi connectivity index (χ3n) is 4.50. The van der Waals surface area contributed by atoms with Crippen molar-refractivity contribution in [3.8, 4) is 0 Å². The van der Waals surface area contributed by atoms with Crippen LogP contribution in [0.25, 0.3) is 0 Å². The molecule has 0 fully saturated rings. The van der Waals surface area contributed by atoms with E-state index in [2.05, 4.69) is 62.3 Å². The molecule has 0 atom stereocenters. The molecule has 0 aliphatic carbocycles. The predicted octanol–water partition coefficient (Wildman–Crippen LogP) is 8.16. The fourth-order valence-corrected chi connectivity index (χ4v) is 3.95. The molecule has 0 saturated carbocycles. The molecule has 0 aliphatic heterocycles. The van der Waals surface area contributed by atoms with Gasteiger partial charge in [0.15, 0.2) is 0 Å². The summed E-state index contributed by atoms with van der Waals surface area (Å²) in [5.74, 6) is 2.59. The van der Waals surface area contributed by atoms with E-state index in [0.29, 0.717) is 0 Å². The second-order valence-corrected chi connectivity index (χ2v) is 8.99. The predicted molar refractivity (Wildman–Crippen MR) is 116 cm³/mol. The summed E-state index contributed by atoms with van der Waals surface area (Å²) in [5.41, 5.74) is 0. The molecule has 0 bridgehead atoms. The Kier molecular flexibility index (Phi) is 18.7. The largest absolute Gasteiger partial charge is 0.140 e. The van der Waals surface area contributed by atoms with Gasteiger partial charge in [0.25, 0.3) is 0 Å². The van der Waals surface area contributed by atoms with E-state index in [4.69, 9.17) is 0 Å². The molecule has 2 heteroatoms. The van der Waals surface area contributed by atoms with Crippen LogP contribution in [0.2, 0.25) is 37.9 Å². The molecule has 138 valence electrons. The molecule has 23 heavy (non-hydrogen) atoms. The monoisotopic (exact) mass is 322 g/mol. The highest BCUT2D eigenvalue weighted by atomic mass is 14.0. The summed E-state index contributed by atoms with van der Waals surface area (Å²) in [4.78, 5) is 0. The van der Waals surface area contributed by atoms with Crippen molar-refractivity contribution < 1.29 is 0 Å². The van der Waals surface area contributed by atoms with Crippen LogP contribution < -0.4 is 0 Å². The highest BCUT2D eigenvalue weighted by molar-refractivity contribution is 6.59. The van der Waals surface area contributed by atoms with Crippen LogP contribution in [0.5, 0.6) is 0 Å². The lowest BCUT2D eigenvalue weighted by Crippen LogP contribution is -2.19. The smallest absolute Gasteiger partial charge is 0.0744 e. The Morgan fingerprint density at radius 1 is 0.478 bits per heavy atom. The van der Waals surface area contributed by atoms with E-state index in [1.54, 1.807) is 0 Å². The highest BCUT2D eigenvalue weighted by Gasteiger charge is 2.17. The zero-order valence-corrected chi connectivity index (χ0v) is 18.3. The third-order valence-corrected chi connectivity index (χ3v) is 4.50. The maximum Gasteiger partial charge on any atom is 0.140 e. The van der Waals surface area contributed by atoms with Crippen molar-refractivity contribution in [3.63, 3.8) is 0 Å². The molecule has 0 aliphatic rings. The molecule has 0 radical (unpaired) electrons. The number of hydrogen-bond donors (Lipinski definition) is 0. The summed E-state index contributed by atoms with van der Waals surface area (Å²) < 4.78 is 0. The molecule has 0 heterocycles. The van der Waals surface area contributed by atoms with Gasteiger partial charge in [0.2, 0.25) is 0 Å². The van der Waals surface area contributed by atoms with Crippen LogP contribution in [0.1, 0.15) is 81.6 Å². The highest BCUT2D eigenvalue weighted by Crippen LogP contribution is 2.21. The first-order valence-electron chi connectivity index (χ1n) is 10.8. The molecule has 0 rings (SSSR count). The van der Waals surface area contributed by atoms with Crippen molar-refractivity contribution >= 4 is 13.4 Å². The van der Waals surface area contributed by atoms with Crippen molar-refractivity contribution in [2.24, 2.45) is 17.8 Å². The first-order valence-corrected chi connectivity index (χ1v) is 10.8. The Hall–Kier alpha value is 0.130. The van der Waals surface area contributed by atoms with Crippen molar-refractivity contribution in [1.29, 1.82) is 0 Å². The molecule has 0 aromatic rings. The van der Waals surface area contributed by atoms with Crippen LogP contribution in [0.15, 0.2) is 0 Å². The van der Waals surface area contributed by atoms with Crippen LogP contribution in [-0.2, 0) is 0 Å². The summed E-state index contributed by atoms with van der Waals surface area (Å²) in [7, 11) is 0. The van der Waals surface area contributed by atoms with Gasteiger partial charge < -0.3 is 0 Å². The average molecular weight is 322 g/mol. The van der Waals surface area contributed by atoms with Gasteiger partial charge in [-0.15, -0.1) is 0 Å². The Morgan fingerprint density at radius 3 is 0.913 bits per heavy atom. The van der Waals surface area contributed by atoms with E-state index >= 15 is 0 Å². The average Bonchev–Trinajstić information content (AvgIpc) is 2.37. The number of hydrogen-bond acceptors (Lipinski definition) is 0. The van der Waals surface area contributed by atoms with E-state index in [0.717, 1.165) is 31.2 Å². The van der Waals surface area contributed by atoms with Gasteiger partial charge in [0, 0.05) is 0 Å². The van der Waals surface area contributed by atoms with Gasteiger partial charge in [-0.3, -0.25) is 0 Å². The van der Waals surface area contributed by atoms with Crippen LogP contribution in [0.4, 0.5) is 0 Å². The summed E-state index contributed by atoms with van der Waals surface area (Å²) in [6, 6.07) is 0. The fraction of sp³-hybridized carbons (Fsp3) is 1.00. The quantitative estimate of drug-likeness (QED) is 0.318. The Balaban J connectivity index is 0. The molecular formula is C21H48B2. The lowest BCUT2D eigenvalue weighted by atomic mass is 9.38. The normalized spacial score (nSPS) is 11.0. The van der Waals surface area contributed by atoms with Crippen molar-refractivity contribution in [2.45, 2.75) is 119 Å². The first-order chi connectivity index (χ1) is 10.8. The Morgan fingerprint density at radius 2 is 0.739 bits per heavy atom. The van der Waals surface area contributed by atoms with Gasteiger partial charge >= 0.3 is 0 Å². The lowest BCUT2D eigenvalue weighted by Gasteiger charge is -2.19. The van der Waals surface area contributed by atoms with E-state index < -0.39 is 0 Å². The summed E-state index contributed by atoms with van der Waals surface area (Å²) >= 11 is 0. The van der Waals surface area contributed by atoms with Gasteiger partial charge in [0.05, 0.1) is 0 Å². The molecule has 0 nitrogen and oxygen atoms in total. The van der Waals surface area contributed by atoms with Gasteiger partial charge in [0.1, 0.15) is 13.4 Å². The molecule has 0 N–H and O–H groups in total. The molecule has 0 unspecified atom stereocenters. The maximum absolute atomic E-state index is 2.34. The zero-order valence-electron chi connectivity index (χ0n) is 18.3. The van der Waals surface area contributed by atoms with Crippen molar-refractivity contribution in [1.82, 2.24) is 0 Å². The lowest BCUT2D eigenvalue weighted by molar-refractivity contribution is 0.659. The first kappa shape index (κ1) is 25.4. The maximum atomic E-state index is 2.34. The number of rotatable bonds is 12. The second-order valence-electron chi connectivity index (χ2n) is 8.99. The van der Waals surface area contributed by atoms with E-state index in [1.165, 1.54) is 57.2 Å². The fourth-order valence-electron chi connectivity index (χ4n) is 3.95. The van der Waals surface area contributed by atoms with Gasteiger partial charge in [-0.1, -0.05) is 137 Å². The standard InChI is InChI=1S/C12H27B.C9H21B/c1-10(2)7-13(8-11(3)4)9-12(5)6;1-4-7-10(8-5-2)9-6-3/h10-12H,7-9H2,1-6H3;4-9H2,1-3H3. The summed E-state index contributed by atoms with van der Waals surface area (Å²) in [6.07, 6.45) is 12.7. The minimum atomic E-state index is 0.863. The minimum Gasteiger partial charge on any atom is -0.0744 e. The molecular weight excluding hydrogens is 274 g/mol. The zero-order chi connectivity index (χ0) is 18.3.